The first-order valence-electron chi connectivity index (χ1n) is 16.6. The Kier molecular flexibility index (Phi) is 8.00. The molecule has 2 aromatic carbocycles. The van der Waals surface area contributed by atoms with Crippen LogP contribution in [0.3, 0.4) is 0 Å². The maximum absolute atomic E-state index is 14.9. The summed E-state index contributed by atoms with van der Waals surface area (Å²) in [4.78, 5) is 49.5. The van der Waals surface area contributed by atoms with Gasteiger partial charge < -0.3 is 24.5 Å². The maximum atomic E-state index is 14.9. The smallest absolute Gasteiger partial charge is 0.250 e. The molecule has 1 N–H and O–H groups in total. The van der Waals surface area contributed by atoms with Crippen LogP contribution in [0.5, 0.6) is 0 Å². The fraction of sp³-hybridized carbons (Fsp3) is 0.472. The Morgan fingerprint density at radius 1 is 0.915 bits per heavy atom. The number of hydrogen-bond acceptors (Lipinski definition) is 7. The van der Waals surface area contributed by atoms with Crippen molar-refractivity contribution in [3.8, 4) is 0 Å². The van der Waals surface area contributed by atoms with E-state index < -0.39 is 35.1 Å². The van der Waals surface area contributed by atoms with Gasteiger partial charge in [0.2, 0.25) is 11.8 Å². The number of amides is 3. The number of aromatic nitrogens is 3. The molecule has 0 aliphatic carbocycles. The molecule has 5 heterocycles. The number of benzene rings is 2. The topological polar surface area (TPSA) is 121 Å². The van der Waals surface area contributed by atoms with Crippen molar-refractivity contribution in [2.45, 2.75) is 70.1 Å². The van der Waals surface area contributed by atoms with E-state index in [1.54, 1.807) is 19.4 Å². The van der Waals surface area contributed by atoms with E-state index in [4.69, 9.17) is 4.74 Å². The summed E-state index contributed by atoms with van der Waals surface area (Å²) >= 11 is 0. The molecule has 3 aromatic rings. The molecular formula is C36H42N6O5. The van der Waals surface area contributed by atoms with Crippen molar-refractivity contribution in [3.63, 3.8) is 0 Å². The second kappa shape index (κ2) is 12.0. The molecule has 0 radical (unpaired) electrons. The minimum Gasteiger partial charge on any atom is -0.394 e. The molecule has 3 amide bonds. The van der Waals surface area contributed by atoms with Gasteiger partial charge in [0.1, 0.15) is 23.8 Å². The number of carbonyl (C=O) groups excluding carboxylic acids is 3. The third-order valence-corrected chi connectivity index (χ3v) is 10.3. The molecule has 1 unspecified atom stereocenters. The lowest BCUT2D eigenvalue weighted by Crippen LogP contribution is -2.59. The Balaban J connectivity index is 1.32. The van der Waals surface area contributed by atoms with Crippen LogP contribution in [0, 0.1) is 17.8 Å². The first kappa shape index (κ1) is 31.3. The number of hydrogen-bond donors (Lipinski definition) is 1. The first-order chi connectivity index (χ1) is 22.7. The van der Waals surface area contributed by atoms with Crippen molar-refractivity contribution in [2.24, 2.45) is 17.8 Å². The van der Waals surface area contributed by atoms with Gasteiger partial charge in [-0.25, -0.2) is 4.68 Å². The van der Waals surface area contributed by atoms with Crippen LogP contribution in [0.15, 0.2) is 78.9 Å². The van der Waals surface area contributed by atoms with Crippen LogP contribution in [0.1, 0.15) is 39.2 Å². The normalized spacial score (nSPS) is 29.3. The fourth-order valence-electron chi connectivity index (χ4n) is 8.27. The number of likely N-dealkylation sites (tertiary alicyclic amines) is 1. The Hall–Kier alpha value is -4.35. The maximum Gasteiger partial charge on any atom is 0.250 e. The van der Waals surface area contributed by atoms with Crippen LogP contribution in [0.25, 0.3) is 11.0 Å². The van der Waals surface area contributed by atoms with Crippen molar-refractivity contribution < 1.29 is 24.2 Å². The molecule has 2 saturated heterocycles. The minimum absolute atomic E-state index is 0.114. The van der Waals surface area contributed by atoms with Gasteiger partial charge in [-0.05, 0) is 36.5 Å². The number of ether oxygens (including phenoxy) is 1. The zero-order valence-corrected chi connectivity index (χ0v) is 27.1. The van der Waals surface area contributed by atoms with Crippen molar-refractivity contribution >= 4 is 28.8 Å². The molecule has 0 bridgehead atoms. The quantitative estimate of drug-likeness (QED) is 0.358. The second-order valence-corrected chi connectivity index (χ2v) is 13.6. The largest absolute Gasteiger partial charge is 0.394 e. The summed E-state index contributed by atoms with van der Waals surface area (Å²) in [7, 11) is 0. The van der Waals surface area contributed by atoms with Gasteiger partial charge in [0.05, 0.1) is 35.6 Å². The molecule has 4 aliphatic rings. The molecular weight excluding hydrogens is 596 g/mol. The lowest BCUT2D eigenvalue weighted by molar-refractivity contribution is -0.158. The average Bonchev–Trinajstić information content (AvgIpc) is 3.62. The minimum atomic E-state index is -1.41. The summed E-state index contributed by atoms with van der Waals surface area (Å²) in [5.41, 5.74) is -0.00338. The Morgan fingerprint density at radius 3 is 2.38 bits per heavy atom. The van der Waals surface area contributed by atoms with Crippen LogP contribution < -0.4 is 0 Å². The van der Waals surface area contributed by atoms with Crippen LogP contribution in [0.2, 0.25) is 0 Å². The molecule has 6 atom stereocenters. The highest BCUT2D eigenvalue weighted by Gasteiger charge is 2.76. The number of aliphatic hydroxyl groups is 1. The number of para-hydroxylation sites is 1. The highest BCUT2D eigenvalue weighted by atomic mass is 16.5. The second-order valence-electron chi connectivity index (χ2n) is 13.6. The molecule has 2 fully saturated rings. The fourth-order valence-corrected chi connectivity index (χ4v) is 8.27. The van der Waals surface area contributed by atoms with Crippen LogP contribution in [-0.2, 0) is 32.3 Å². The van der Waals surface area contributed by atoms with Crippen LogP contribution >= 0.6 is 0 Å². The number of fused-ring (bicyclic) bond motifs is 3. The summed E-state index contributed by atoms with van der Waals surface area (Å²) in [6.07, 6.45) is 8.58. The Bertz CT molecular complexity index is 1740. The summed E-state index contributed by atoms with van der Waals surface area (Å²) in [6.45, 7) is 6.85. The zero-order chi connectivity index (χ0) is 32.9. The van der Waals surface area contributed by atoms with Crippen LogP contribution in [-0.4, -0.2) is 95.5 Å². The number of carbonyl (C=O) groups is 3. The van der Waals surface area contributed by atoms with Gasteiger partial charge in [0.15, 0.2) is 0 Å². The third kappa shape index (κ3) is 4.98. The predicted molar refractivity (Wildman–Crippen MR) is 174 cm³/mol. The van der Waals surface area contributed by atoms with Gasteiger partial charge in [-0.1, -0.05) is 92.8 Å². The highest BCUT2D eigenvalue weighted by molar-refractivity contribution is 6.00. The molecule has 1 spiro atoms. The number of rotatable bonds is 9. The van der Waals surface area contributed by atoms with Gasteiger partial charge in [0, 0.05) is 19.6 Å². The summed E-state index contributed by atoms with van der Waals surface area (Å²) < 4.78 is 8.80. The third-order valence-electron chi connectivity index (χ3n) is 10.3. The first-order valence-corrected chi connectivity index (χ1v) is 16.6. The predicted octanol–water partition coefficient (Wildman–Crippen LogP) is 3.15. The highest BCUT2D eigenvalue weighted by Crippen LogP contribution is 2.59. The molecule has 4 aliphatic heterocycles. The van der Waals surface area contributed by atoms with Crippen molar-refractivity contribution in [1.29, 1.82) is 0 Å². The van der Waals surface area contributed by atoms with Crippen LogP contribution in [0.4, 0.5) is 0 Å². The molecule has 11 nitrogen and oxygen atoms in total. The average molecular weight is 639 g/mol. The van der Waals surface area contributed by atoms with Gasteiger partial charge in [-0.3, -0.25) is 14.4 Å². The standard InChI is InChI=1S/C36H42N6O5/c1-4-35-16-10-18-39(21-25-12-6-5-7-13-25)32(44)29(35)30-33(45)42(26(22-43)20-24(2)3)31-34(46)40(19-11-17-36(30,31)47-35)23-41-28-15-9-8-14-27(28)37-38-41/h5-17,24,26,29-31,43H,4,18-23H2,1-3H3/t26-,29-,30+,31?,35+,36+/m1/s1. The Morgan fingerprint density at radius 2 is 1.64 bits per heavy atom. The van der Waals surface area contributed by atoms with E-state index in [1.807, 2.05) is 99.7 Å². The van der Waals surface area contributed by atoms with Crippen molar-refractivity contribution in [3.05, 3.63) is 84.5 Å². The summed E-state index contributed by atoms with van der Waals surface area (Å²) in [6, 6.07) is 15.6. The molecule has 1 aromatic heterocycles. The van der Waals surface area contributed by atoms with E-state index in [2.05, 4.69) is 10.3 Å². The molecule has 246 valence electrons. The summed E-state index contributed by atoms with van der Waals surface area (Å²) in [5, 5.41) is 19.3. The van der Waals surface area contributed by atoms with E-state index >= 15 is 0 Å². The van der Waals surface area contributed by atoms with Crippen molar-refractivity contribution in [2.75, 3.05) is 19.7 Å². The van der Waals surface area contributed by atoms with Gasteiger partial charge in [-0.15, -0.1) is 5.10 Å². The molecule has 7 rings (SSSR count). The summed E-state index contributed by atoms with van der Waals surface area (Å²) in [5.74, 6) is -2.47. The van der Waals surface area contributed by atoms with Gasteiger partial charge >= 0.3 is 0 Å². The monoisotopic (exact) mass is 638 g/mol. The Labute approximate surface area is 274 Å². The lowest BCUT2D eigenvalue weighted by Gasteiger charge is -2.41. The van der Waals surface area contributed by atoms with E-state index in [0.717, 1.165) is 11.1 Å². The van der Waals surface area contributed by atoms with E-state index in [0.29, 0.717) is 31.4 Å². The number of aliphatic hydroxyl groups excluding tert-OH is 1. The lowest BCUT2D eigenvalue weighted by atomic mass is 9.73. The molecule has 11 heteroatoms. The SMILES string of the molecule is CC[C@]12C=CCN(Cc3ccccc3)C(=O)[C@H]1[C@H]1C(=O)N([C@@H](CO)CC(C)C)C3C(=O)N(Cn4nnc5ccccc54)CC=C[C@@]31O2. The van der Waals surface area contributed by atoms with Gasteiger partial charge in [0.25, 0.3) is 5.91 Å². The zero-order valence-electron chi connectivity index (χ0n) is 27.1. The molecule has 47 heavy (non-hydrogen) atoms. The number of nitrogens with zero attached hydrogens (tertiary/aromatic N) is 6. The van der Waals surface area contributed by atoms with E-state index in [1.165, 1.54) is 0 Å². The van der Waals surface area contributed by atoms with Gasteiger partial charge in [-0.2, -0.15) is 0 Å². The van der Waals surface area contributed by atoms with E-state index in [9.17, 15) is 19.5 Å². The van der Waals surface area contributed by atoms with E-state index in [-0.39, 0.29) is 43.5 Å². The van der Waals surface area contributed by atoms with Crippen molar-refractivity contribution in [1.82, 2.24) is 29.7 Å². The molecule has 0 saturated carbocycles.